The number of phenolic OH excluding ortho intramolecular Hbond substituents is 1. The molecule has 0 unspecified atom stereocenters. The summed E-state index contributed by atoms with van der Waals surface area (Å²) in [5, 5.41) is 12.9. The van der Waals surface area contributed by atoms with Crippen molar-refractivity contribution in [2.75, 3.05) is 17.3 Å². The van der Waals surface area contributed by atoms with E-state index in [1.165, 1.54) is 18.2 Å². The fourth-order valence-electron chi connectivity index (χ4n) is 2.45. The Balaban J connectivity index is 1.72. The molecule has 2 heterocycles. The van der Waals surface area contributed by atoms with Crippen molar-refractivity contribution in [2.45, 2.75) is 0 Å². The van der Waals surface area contributed by atoms with Crippen LogP contribution in [0.4, 0.5) is 27.4 Å². The van der Waals surface area contributed by atoms with Gasteiger partial charge >= 0.3 is 0 Å². The van der Waals surface area contributed by atoms with Crippen LogP contribution in [-0.4, -0.2) is 22.1 Å². The summed E-state index contributed by atoms with van der Waals surface area (Å²) in [4.78, 5) is 10.9. The van der Waals surface area contributed by atoms with Gasteiger partial charge in [0.05, 0.1) is 5.02 Å². The number of hydrogen-bond donors (Lipinski definition) is 2. The number of halogens is 2. The first-order valence-corrected chi connectivity index (χ1v) is 7.58. The van der Waals surface area contributed by atoms with E-state index in [1.54, 1.807) is 24.3 Å². The van der Waals surface area contributed by atoms with Crippen LogP contribution in [0.3, 0.4) is 0 Å². The third-order valence-corrected chi connectivity index (χ3v) is 4.08. The molecule has 0 saturated heterocycles. The predicted molar refractivity (Wildman–Crippen MR) is 91.9 cm³/mol. The molecular weight excluding hydrogens is 331 g/mol. The zero-order valence-electron chi connectivity index (χ0n) is 12.6. The normalized spacial score (nSPS) is 12.0. The van der Waals surface area contributed by atoms with Crippen LogP contribution in [-0.2, 0) is 0 Å². The van der Waals surface area contributed by atoms with Gasteiger partial charge in [-0.25, -0.2) is 14.4 Å². The van der Waals surface area contributed by atoms with Gasteiger partial charge in [-0.2, -0.15) is 0 Å². The van der Waals surface area contributed by atoms with Gasteiger partial charge in [-0.15, -0.1) is 0 Å². The van der Waals surface area contributed by atoms with E-state index in [4.69, 9.17) is 11.6 Å². The van der Waals surface area contributed by atoms with Gasteiger partial charge in [-0.3, -0.25) is 0 Å². The van der Waals surface area contributed by atoms with E-state index in [0.29, 0.717) is 17.3 Å². The van der Waals surface area contributed by atoms with Crippen LogP contribution in [0.15, 0.2) is 42.5 Å². The molecule has 0 saturated carbocycles. The highest BCUT2D eigenvalue weighted by molar-refractivity contribution is 6.32. The van der Waals surface area contributed by atoms with Crippen LogP contribution in [0.2, 0.25) is 5.02 Å². The molecule has 4 rings (SSSR count). The molecule has 0 spiro atoms. The Morgan fingerprint density at radius 2 is 1.88 bits per heavy atom. The number of phenols is 1. The molecule has 0 aliphatic carbocycles. The van der Waals surface area contributed by atoms with E-state index in [-0.39, 0.29) is 16.6 Å². The zero-order chi connectivity index (χ0) is 16.8. The summed E-state index contributed by atoms with van der Waals surface area (Å²) in [6.45, 7) is 0. The smallest absolute Gasteiger partial charge is 0.164 e. The summed E-state index contributed by atoms with van der Waals surface area (Å²) in [5.41, 5.74) is 2.32. The van der Waals surface area contributed by atoms with E-state index in [9.17, 15) is 9.50 Å². The van der Waals surface area contributed by atoms with E-state index in [1.807, 2.05) is 11.9 Å². The van der Waals surface area contributed by atoms with Gasteiger partial charge in [0.1, 0.15) is 17.3 Å². The number of benzene rings is 2. The second kappa shape index (κ2) is 5.35. The van der Waals surface area contributed by atoms with Gasteiger partial charge in [-0.1, -0.05) is 11.6 Å². The Kier molecular flexibility index (Phi) is 3.28. The molecule has 3 aromatic rings. The highest BCUT2D eigenvalue weighted by Crippen LogP contribution is 2.50. The quantitative estimate of drug-likeness (QED) is 0.543. The number of aromatic hydroxyl groups is 1. The average Bonchev–Trinajstić information content (AvgIpc) is 3.22. The SMILES string of the molecule is CN1c2nc(-c3ccc(F)cc3)nc(Nc3ccc(O)c(Cl)c3)c21. The number of fused-ring (bicyclic) bond motifs is 1. The lowest BCUT2D eigenvalue weighted by atomic mass is 10.2. The minimum absolute atomic E-state index is 0.0183. The molecule has 0 bridgehead atoms. The maximum atomic E-state index is 13.1. The van der Waals surface area contributed by atoms with Crippen molar-refractivity contribution >= 4 is 34.6 Å². The Hall–Kier alpha value is -2.86. The third-order valence-electron chi connectivity index (χ3n) is 3.78. The fraction of sp³-hybridized carbons (Fsp3) is 0.0588. The summed E-state index contributed by atoms with van der Waals surface area (Å²) in [6.07, 6.45) is 0. The van der Waals surface area contributed by atoms with Crippen molar-refractivity contribution in [1.82, 2.24) is 9.97 Å². The van der Waals surface area contributed by atoms with Crippen molar-refractivity contribution in [3.05, 3.63) is 53.3 Å². The van der Waals surface area contributed by atoms with Gasteiger partial charge in [0.25, 0.3) is 0 Å². The first-order valence-electron chi connectivity index (χ1n) is 7.20. The number of nitrogens with zero attached hydrogens (tertiary/aromatic N) is 3. The average molecular weight is 343 g/mol. The van der Waals surface area contributed by atoms with Gasteiger partial charge in [0.15, 0.2) is 17.5 Å². The summed E-state index contributed by atoms with van der Waals surface area (Å²) >= 11 is 5.93. The molecule has 120 valence electrons. The number of anilines is 4. The Morgan fingerprint density at radius 3 is 2.58 bits per heavy atom. The summed E-state index contributed by atoms with van der Waals surface area (Å²) in [5.74, 6) is 1.66. The van der Waals surface area contributed by atoms with Crippen molar-refractivity contribution in [2.24, 2.45) is 0 Å². The Labute approximate surface area is 142 Å². The molecule has 2 N–H and O–H groups in total. The molecule has 7 heteroatoms. The molecule has 5 nitrogen and oxygen atoms in total. The van der Waals surface area contributed by atoms with Gasteiger partial charge in [0.2, 0.25) is 0 Å². The van der Waals surface area contributed by atoms with Crippen molar-refractivity contribution in [3.63, 3.8) is 0 Å². The van der Waals surface area contributed by atoms with E-state index in [0.717, 1.165) is 17.1 Å². The number of rotatable bonds is 3. The second-order valence-electron chi connectivity index (χ2n) is 5.43. The summed E-state index contributed by atoms with van der Waals surface area (Å²) in [6, 6.07) is 10.9. The topological polar surface area (TPSA) is 61.0 Å². The lowest BCUT2D eigenvalue weighted by molar-refractivity contribution is 0.475. The van der Waals surface area contributed by atoms with Crippen molar-refractivity contribution in [3.8, 4) is 17.1 Å². The molecule has 1 aliphatic rings. The molecule has 0 radical (unpaired) electrons. The lowest BCUT2D eigenvalue weighted by Crippen LogP contribution is -1.95. The fourth-order valence-corrected chi connectivity index (χ4v) is 2.63. The number of aromatic nitrogens is 2. The van der Waals surface area contributed by atoms with Gasteiger partial charge in [0, 0.05) is 18.3 Å². The number of nitrogens with one attached hydrogen (secondary N) is 1. The van der Waals surface area contributed by atoms with Crippen LogP contribution in [0, 0.1) is 5.82 Å². The van der Waals surface area contributed by atoms with Gasteiger partial charge in [-0.05, 0) is 42.5 Å². The Bertz CT molecular complexity index is 946. The van der Waals surface area contributed by atoms with Crippen molar-refractivity contribution in [1.29, 1.82) is 0 Å². The largest absolute Gasteiger partial charge is 0.506 e. The minimum atomic E-state index is -0.306. The second-order valence-corrected chi connectivity index (χ2v) is 5.83. The van der Waals surface area contributed by atoms with Crippen LogP contribution in [0.5, 0.6) is 5.75 Å². The maximum Gasteiger partial charge on any atom is 0.164 e. The molecular formula is C17H12ClFN4O. The highest BCUT2D eigenvalue weighted by atomic mass is 35.5. The predicted octanol–water partition coefficient (Wildman–Crippen LogP) is 4.47. The molecule has 2 aromatic carbocycles. The van der Waals surface area contributed by atoms with Crippen LogP contribution in [0.1, 0.15) is 0 Å². The molecule has 1 aromatic heterocycles. The number of hydrogen-bond acceptors (Lipinski definition) is 5. The Morgan fingerprint density at radius 1 is 1.12 bits per heavy atom. The van der Waals surface area contributed by atoms with Crippen LogP contribution < -0.4 is 10.2 Å². The summed E-state index contributed by atoms with van der Waals surface area (Å²) < 4.78 is 13.1. The van der Waals surface area contributed by atoms with E-state index >= 15 is 0 Å². The monoisotopic (exact) mass is 342 g/mol. The third kappa shape index (κ3) is 2.51. The molecule has 0 atom stereocenters. The standard InChI is InChI=1S/C17H12ClFN4O/c1-23-14-16(20-11-6-7-13(24)12(18)8-11)21-15(22-17(14)23)9-2-4-10(19)5-3-9/h2-8,24H,1H3,(H,20,21,22). The molecule has 0 amide bonds. The molecule has 0 fully saturated rings. The lowest BCUT2D eigenvalue weighted by Gasteiger charge is -2.07. The molecule has 24 heavy (non-hydrogen) atoms. The first kappa shape index (κ1) is 14.7. The van der Waals surface area contributed by atoms with Crippen molar-refractivity contribution < 1.29 is 9.50 Å². The van der Waals surface area contributed by atoms with Gasteiger partial charge < -0.3 is 15.3 Å². The highest BCUT2D eigenvalue weighted by Gasteiger charge is 2.33. The zero-order valence-corrected chi connectivity index (χ0v) is 13.3. The van der Waals surface area contributed by atoms with Crippen LogP contribution >= 0.6 is 11.6 Å². The molecule has 1 aliphatic heterocycles. The maximum absolute atomic E-state index is 13.1. The van der Waals surface area contributed by atoms with Crippen LogP contribution in [0.25, 0.3) is 11.4 Å². The van der Waals surface area contributed by atoms with E-state index in [2.05, 4.69) is 15.3 Å². The first-order chi connectivity index (χ1) is 11.5. The minimum Gasteiger partial charge on any atom is -0.506 e. The van der Waals surface area contributed by atoms with E-state index < -0.39 is 0 Å². The summed E-state index contributed by atoms with van der Waals surface area (Å²) in [7, 11) is 1.89.